The summed E-state index contributed by atoms with van der Waals surface area (Å²) in [7, 11) is 5.04. The Hall–Kier alpha value is -2.80. The van der Waals surface area contributed by atoms with Crippen molar-refractivity contribution >= 4 is 29.3 Å². The number of nitrogens with one attached hydrogen (secondary N) is 2. The Balaban J connectivity index is 2.30. The van der Waals surface area contributed by atoms with Crippen LogP contribution in [0.5, 0.6) is 5.75 Å². The molecular formula is C18H24N4O3. The fourth-order valence-electron chi connectivity index (χ4n) is 2.40. The van der Waals surface area contributed by atoms with Gasteiger partial charge < -0.3 is 25.0 Å². The van der Waals surface area contributed by atoms with E-state index < -0.39 is 0 Å². The quantitative estimate of drug-likeness (QED) is 0.681. The van der Waals surface area contributed by atoms with Crippen molar-refractivity contribution in [2.75, 3.05) is 50.0 Å². The molecule has 1 heterocycles. The molecule has 7 heteroatoms. The number of hydrogen-bond donors (Lipinski definition) is 2. The van der Waals surface area contributed by atoms with Gasteiger partial charge in [-0.25, -0.2) is 4.98 Å². The van der Waals surface area contributed by atoms with E-state index in [-0.39, 0.29) is 0 Å². The number of aryl methyl sites for hydroxylation is 1. The van der Waals surface area contributed by atoms with Crippen LogP contribution in [0.15, 0.2) is 30.5 Å². The summed E-state index contributed by atoms with van der Waals surface area (Å²) in [6.45, 7) is 2.90. The normalized spacial score (nSPS) is 10.2. The Morgan fingerprint density at radius 3 is 2.64 bits per heavy atom. The zero-order chi connectivity index (χ0) is 18.2. The van der Waals surface area contributed by atoms with Gasteiger partial charge in [0.15, 0.2) is 0 Å². The molecule has 0 aliphatic heterocycles. The van der Waals surface area contributed by atoms with Crippen LogP contribution < -0.4 is 20.3 Å². The molecule has 1 aromatic carbocycles. The smallest absolute Gasteiger partial charge is 0.214 e. The number of aromatic nitrogens is 1. The van der Waals surface area contributed by atoms with Crippen molar-refractivity contribution in [1.29, 1.82) is 0 Å². The van der Waals surface area contributed by atoms with E-state index >= 15 is 0 Å². The van der Waals surface area contributed by atoms with E-state index in [0.717, 1.165) is 34.8 Å². The lowest BCUT2D eigenvalue weighted by Crippen LogP contribution is -2.26. The van der Waals surface area contributed by atoms with Crippen molar-refractivity contribution in [3.05, 3.63) is 36.0 Å². The number of benzene rings is 1. The molecule has 0 spiro atoms. The second kappa shape index (κ2) is 8.89. The lowest BCUT2D eigenvalue weighted by molar-refractivity contribution is -0.107. The third-order valence-electron chi connectivity index (χ3n) is 3.82. The van der Waals surface area contributed by atoms with Gasteiger partial charge in [-0.3, -0.25) is 4.79 Å². The molecule has 0 saturated heterocycles. The Kier molecular flexibility index (Phi) is 6.59. The first-order chi connectivity index (χ1) is 12.1. The van der Waals surface area contributed by atoms with E-state index in [1.54, 1.807) is 32.4 Å². The minimum absolute atomic E-state index is 0.449. The topological polar surface area (TPSA) is 75.7 Å². The maximum absolute atomic E-state index is 11.5. The second-order valence-electron chi connectivity index (χ2n) is 5.43. The zero-order valence-electron chi connectivity index (χ0n) is 15.0. The lowest BCUT2D eigenvalue weighted by atomic mass is 10.2. The fourth-order valence-corrected chi connectivity index (χ4v) is 2.40. The highest BCUT2D eigenvalue weighted by Gasteiger charge is 2.12. The number of nitrogens with zero attached hydrogens (tertiary/aromatic N) is 2. The van der Waals surface area contributed by atoms with Crippen molar-refractivity contribution < 1.29 is 14.3 Å². The summed E-state index contributed by atoms with van der Waals surface area (Å²) >= 11 is 0. The van der Waals surface area contributed by atoms with Crippen LogP contribution in [-0.2, 0) is 9.53 Å². The maximum atomic E-state index is 11.5. The minimum Gasteiger partial charge on any atom is -0.497 e. The van der Waals surface area contributed by atoms with Gasteiger partial charge in [-0.15, -0.1) is 0 Å². The highest BCUT2D eigenvalue weighted by molar-refractivity contribution is 5.85. The van der Waals surface area contributed by atoms with Crippen LogP contribution in [0.4, 0.5) is 22.9 Å². The zero-order valence-corrected chi connectivity index (χ0v) is 15.0. The van der Waals surface area contributed by atoms with Crippen molar-refractivity contribution in [1.82, 2.24) is 4.98 Å². The van der Waals surface area contributed by atoms with E-state index in [1.807, 2.05) is 31.2 Å². The van der Waals surface area contributed by atoms with E-state index in [0.29, 0.717) is 19.0 Å². The molecule has 2 N–H and O–H groups in total. The van der Waals surface area contributed by atoms with Crippen LogP contribution in [-0.4, -0.2) is 45.8 Å². The van der Waals surface area contributed by atoms with Crippen molar-refractivity contribution in [3.8, 4) is 5.75 Å². The monoisotopic (exact) mass is 344 g/mol. The Morgan fingerprint density at radius 2 is 2.04 bits per heavy atom. The number of pyridine rings is 1. The molecular weight excluding hydrogens is 320 g/mol. The molecule has 0 radical (unpaired) electrons. The fraction of sp³-hybridized carbons (Fsp3) is 0.333. The molecule has 0 bridgehead atoms. The summed E-state index contributed by atoms with van der Waals surface area (Å²) in [5, 5.41) is 6.34. The number of hydrogen-bond acceptors (Lipinski definition) is 6. The summed E-state index contributed by atoms with van der Waals surface area (Å²) in [5.41, 5.74) is 3.46. The number of rotatable bonds is 9. The first-order valence-electron chi connectivity index (χ1n) is 7.93. The Labute approximate surface area is 148 Å². The van der Waals surface area contributed by atoms with Crippen molar-refractivity contribution in [2.24, 2.45) is 0 Å². The molecule has 2 aromatic rings. The molecule has 1 aromatic heterocycles. The largest absolute Gasteiger partial charge is 0.497 e. The van der Waals surface area contributed by atoms with E-state index in [2.05, 4.69) is 15.6 Å². The summed E-state index contributed by atoms with van der Waals surface area (Å²) in [5.74, 6) is 1.44. The van der Waals surface area contributed by atoms with Crippen LogP contribution in [0.25, 0.3) is 0 Å². The molecule has 1 amide bonds. The predicted molar refractivity (Wildman–Crippen MR) is 100 cm³/mol. The van der Waals surface area contributed by atoms with Gasteiger partial charge in [0.1, 0.15) is 11.6 Å². The maximum Gasteiger partial charge on any atom is 0.214 e. The molecule has 2 rings (SSSR count). The summed E-state index contributed by atoms with van der Waals surface area (Å²) in [6.07, 6.45) is 2.48. The standard InChI is InChI=1S/C18H24N4O3/c1-13-9-14(25-4)5-6-15(13)21-18-10-17(16(19-2)11-20-18)22(12-23)7-8-24-3/h5-6,9-12,19H,7-8H2,1-4H3,(H,20,21). The molecule has 7 nitrogen and oxygen atoms in total. The van der Waals surface area contributed by atoms with Crippen molar-refractivity contribution in [2.45, 2.75) is 6.92 Å². The van der Waals surface area contributed by atoms with Crippen LogP contribution >= 0.6 is 0 Å². The molecule has 0 saturated carbocycles. The number of ether oxygens (including phenoxy) is 2. The van der Waals surface area contributed by atoms with Gasteiger partial charge in [0, 0.05) is 32.5 Å². The van der Waals surface area contributed by atoms with Gasteiger partial charge in [-0.1, -0.05) is 0 Å². The molecule has 0 aliphatic carbocycles. The first kappa shape index (κ1) is 18.5. The van der Waals surface area contributed by atoms with Gasteiger partial charge in [0.05, 0.1) is 31.3 Å². The summed E-state index contributed by atoms with van der Waals surface area (Å²) in [6, 6.07) is 7.60. The van der Waals surface area contributed by atoms with E-state index in [1.165, 1.54) is 0 Å². The third-order valence-corrected chi connectivity index (χ3v) is 3.82. The molecule has 0 fully saturated rings. The number of methoxy groups -OCH3 is 2. The minimum atomic E-state index is 0.449. The van der Waals surface area contributed by atoms with Gasteiger partial charge >= 0.3 is 0 Å². The summed E-state index contributed by atoms with van der Waals surface area (Å²) < 4.78 is 10.3. The molecule has 134 valence electrons. The Morgan fingerprint density at radius 1 is 1.24 bits per heavy atom. The van der Waals surface area contributed by atoms with Gasteiger partial charge in [-0.2, -0.15) is 0 Å². The first-order valence-corrected chi connectivity index (χ1v) is 7.93. The molecule has 0 unspecified atom stereocenters. The average Bonchev–Trinajstić information content (AvgIpc) is 2.64. The number of amides is 1. The van der Waals surface area contributed by atoms with E-state index in [9.17, 15) is 4.79 Å². The highest BCUT2D eigenvalue weighted by Crippen LogP contribution is 2.29. The van der Waals surface area contributed by atoms with Gasteiger partial charge in [0.2, 0.25) is 6.41 Å². The van der Waals surface area contributed by atoms with Crippen LogP contribution in [0.1, 0.15) is 5.56 Å². The summed E-state index contributed by atoms with van der Waals surface area (Å²) in [4.78, 5) is 17.5. The van der Waals surface area contributed by atoms with Crippen LogP contribution in [0, 0.1) is 6.92 Å². The number of carbonyl (C=O) groups is 1. The van der Waals surface area contributed by atoms with Crippen LogP contribution in [0.2, 0.25) is 0 Å². The molecule has 25 heavy (non-hydrogen) atoms. The predicted octanol–water partition coefficient (Wildman–Crippen LogP) is 2.79. The number of anilines is 4. The highest BCUT2D eigenvalue weighted by atomic mass is 16.5. The van der Waals surface area contributed by atoms with Crippen LogP contribution in [0.3, 0.4) is 0 Å². The molecule has 0 atom stereocenters. The van der Waals surface area contributed by atoms with Crippen molar-refractivity contribution in [3.63, 3.8) is 0 Å². The average molecular weight is 344 g/mol. The van der Waals surface area contributed by atoms with Gasteiger partial charge in [0.25, 0.3) is 0 Å². The third kappa shape index (κ3) is 4.60. The van der Waals surface area contributed by atoms with E-state index in [4.69, 9.17) is 9.47 Å². The lowest BCUT2D eigenvalue weighted by Gasteiger charge is -2.21. The Bertz CT molecular complexity index is 721. The number of carbonyl (C=O) groups excluding carboxylic acids is 1. The second-order valence-corrected chi connectivity index (χ2v) is 5.43. The molecule has 0 aliphatic rings. The SMILES string of the molecule is CNc1cnc(Nc2ccc(OC)cc2C)cc1N(C=O)CCOC. The van der Waals surface area contributed by atoms with Gasteiger partial charge in [-0.05, 0) is 30.7 Å².